The van der Waals surface area contributed by atoms with E-state index >= 15 is 0 Å². The van der Waals surface area contributed by atoms with E-state index in [9.17, 15) is 4.39 Å². The van der Waals surface area contributed by atoms with E-state index in [1.807, 2.05) is 19.1 Å². The molecule has 0 saturated carbocycles. The average molecular weight is 336 g/mol. The van der Waals surface area contributed by atoms with E-state index in [0.717, 1.165) is 16.8 Å². The van der Waals surface area contributed by atoms with Gasteiger partial charge < -0.3 is 10.1 Å². The molecule has 0 radical (unpaired) electrons. The maximum atomic E-state index is 14.0. The van der Waals surface area contributed by atoms with Crippen molar-refractivity contribution < 1.29 is 9.13 Å². The molecule has 0 aliphatic carbocycles. The summed E-state index contributed by atoms with van der Waals surface area (Å²) in [4.78, 5) is 0. The van der Waals surface area contributed by atoms with Crippen LogP contribution in [0.2, 0.25) is 5.02 Å². The van der Waals surface area contributed by atoms with Crippen LogP contribution in [0, 0.1) is 18.2 Å². The Morgan fingerprint density at radius 1 is 1.09 bits per heavy atom. The van der Waals surface area contributed by atoms with Crippen molar-refractivity contribution in [1.82, 2.24) is 0 Å². The van der Waals surface area contributed by atoms with Crippen LogP contribution >= 0.6 is 11.6 Å². The molecule has 2 aromatic rings. The number of ether oxygens (including phenoxy) is 1. The summed E-state index contributed by atoms with van der Waals surface area (Å²) >= 11 is 5.95. The monoisotopic (exact) mass is 335 g/mol. The van der Waals surface area contributed by atoms with Crippen LogP contribution in [0.15, 0.2) is 36.4 Å². The molecule has 1 N–H and O–H groups in total. The second kappa shape index (κ2) is 7.33. The maximum absolute atomic E-state index is 14.0. The third-order valence-electron chi connectivity index (χ3n) is 3.29. The van der Waals surface area contributed by atoms with Gasteiger partial charge in [-0.15, -0.1) is 0 Å². The zero-order valence-corrected chi connectivity index (χ0v) is 14.8. The average Bonchev–Trinajstić information content (AvgIpc) is 2.44. The number of halogens is 2. The Kier molecular flexibility index (Phi) is 5.66. The minimum Gasteiger partial charge on any atom is -0.376 e. The van der Waals surface area contributed by atoms with Crippen LogP contribution in [-0.2, 0) is 11.3 Å². The molecular weight excluding hydrogens is 313 g/mol. The number of benzene rings is 2. The first-order valence-corrected chi connectivity index (χ1v) is 8.02. The van der Waals surface area contributed by atoms with Crippen LogP contribution in [-0.4, -0.2) is 6.61 Å². The van der Waals surface area contributed by atoms with Crippen molar-refractivity contribution in [3.05, 3.63) is 58.4 Å². The van der Waals surface area contributed by atoms with Crippen LogP contribution in [0.5, 0.6) is 0 Å². The van der Waals surface area contributed by atoms with Crippen molar-refractivity contribution in [2.75, 3.05) is 11.9 Å². The predicted molar refractivity (Wildman–Crippen MR) is 95.0 cm³/mol. The van der Waals surface area contributed by atoms with E-state index in [0.29, 0.717) is 23.9 Å². The van der Waals surface area contributed by atoms with E-state index in [2.05, 4.69) is 26.1 Å². The molecule has 0 fully saturated rings. The van der Waals surface area contributed by atoms with Gasteiger partial charge in [-0.3, -0.25) is 0 Å². The van der Waals surface area contributed by atoms with Crippen LogP contribution in [0.25, 0.3) is 0 Å². The first-order chi connectivity index (χ1) is 10.7. The van der Waals surface area contributed by atoms with Gasteiger partial charge in [0.05, 0.1) is 18.9 Å². The summed E-state index contributed by atoms with van der Waals surface area (Å²) in [5.41, 5.74) is 3.28. The number of nitrogens with one attached hydrogen (secondary N) is 1. The molecular formula is C19H23ClFNO. The van der Waals surface area contributed by atoms with Gasteiger partial charge in [-0.1, -0.05) is 38.4 Å². The third kappa shape index (κ3) is 5.52. The van der Waals surface area contributed by atoms with Gasteiger partial charge in [0.15, 0.2) is 0 Å². The SMILES string of the molecule is Cc1cc(Cl)ccc1Nc1cc(COCC(C)(C)C)ccc1F. The summed E-state index contributed by atoms with van der Waals surface area (Å²) in [5.74, 6) is -0.293. The standard InChI is InChI=1S/C19H23ClFNO/c1-13-9-15(20)6-8-17(13)22-18-10-14(5-7-16(18)21)11-23-12-19(2,3)4/h5-10,22H,11-12H2,1-4H3. The van der Waals surface area contributed by atoms with Gasteiger partial charge in [-0.05, 0) is 53.8 Å². The number of rotatable bonds is 5. The lowest BCUT2D eigenvalue weighted by Gasteiger charge is -2.18. The highest BCUT2D eigenvalue weighted by Crippen LogP contribution is 2.26. The first kappa shape index (κ1) is 17.8. The second-order valence-electron chi connectivity index (χ2n) is 6.95. The number of anilines is 2. The molecule has 0 atom stereocenters. The molecule has 0 bridgehead atoms. The van der Waals surface area contributed by atoms with Gasteiger partial charge in [0, 0.05) is 10.7 Å². The fraction of sp³-hybridized carbons (Fsp3) is 0.368. The lowest BCUT2D eigenvalue weighted by atomic mass is 9.99. The van der Waals surface area contributed by atoms with E-state index < -0.39 is 0 Å². The van der Waals surface area contributed by atoms with Gasteiger partial charge in [0.2, 0.25) is 0 Å². The van der Waals surface area contributed by atoms with E-state index in [1.54, 1.807) is 18.2 Å². The Labute approximate surface area is 142 Å². The van der Waals surface area contributed by atoms with Crippen molar-refractivity contribution in [1.29, 1.82) is 0 Å². The Bertz CT molecular complexity index is 680. The van der Waals surface area contributed by atoms with Crippen molar-refractivity contribution in [3.63, 3.8) is 0 Å². The molecule has 0 aliphatic heterocycles. The summed E-state index contributed by atoms with van der Waals surface area (Å²) < 4.78 is 19.7. The van der Waals surface area contributed by atoms with E-state index in [-0.39, 0.29) is 11.2 Å². The highest BCUT2D eigenvalue weighted by atomic mass is 35.5. The normalized spacial score (nSPS) is 11.6. The van der Waals surface area contributed by atoms with Crippen molar-refractivity contribution in [3.8, 4) is 0 Å². The molecule has 124 valence electrons. The van der Waals surface area contributed by atoms with Gasteiger partial charge in [0.25, 0.3) is 0 Å². The Hall–Kier alpha value is -1.58. The maximum Gasteiger partial charge on any atom is 0.146 e. The van der Waals surface area contributed by atoms with Gasteiger partial charge in [-0.2, -0.15) is 0 Å². The zero-order chi connectivity index (χ0) is 17.0. The highest BCUT2D eigenvalue weighted by Gasteiger charge is 2.11. The van der Waals surface area contributed by atoms with Crippen LogP contribution in [0.3, 0.4) is 0 Å². The minimum absolute atomic E-state index is 0.113. The molecule has 2 aromatic carbocycles. The summed E-state index contributed by atoms with van der Waals surface area (Å²) in [6, 6.07) is 10.5. The smallest absolute Gasteiger partial charge is 0.146 e. The molecule has 2 nitrogen and oxygen atoms in total. The summed E-state index contributed by atoms with van der Waals surface area (Å²) in [6.45, 7) is 9.41. The van der Waals surface area contributed by atoms with E-state index in [4.69, 9.17) is 16.3 Å². The van der Waals surface area contributed by atoms with Crippen molar-refractivity contribution >= 4 is 23.0 Å². The molecule has 0 aromatic heterocycles. The quantitative estimate of drug-likeness (QED) is 0.713. The minimum atomic E-state index is -0.293. The lowest BCUT2D eigenvalue weighted by Crippen LogP contribution is -2.14. The number of aryl methyl sites for hydroxylation is 1. The molecule has 0 saturated heterocycles. The van der Waals surface area contributed by atoms with E-state index in [1.165, 1.54) is 6.07 Å². The third-order valence-corrected chi connectivity index (χ3v) is 3.53. The predicted octanol–water partition coefficient (Wildman–Crippen LogP) is 6.09. The highest BCUT2D eigenvalue weighted by molar-refractivity contribution is 6.30. The zero-order valence-electron chi connectivity index (χ0n) is 14.0. The van der Waals surface area contributed by atoms with Gasteiger partial charge >= 0.3 is 0 Å². The Morgan fingerprint density at radius 3 is 2.48 bits per heavy atom. The fourth-order valence-electron chi connectivity index (χ4n) is 2.15. The largest absolute Gasteiger partial charge is 0.376 e. The Morgan fingerprint density at radius 2 is 1.83 bits per heavy atom. The van der Waals surface area contributed by atoms with Crippen molar-refractivity contribution in [2.45, 2.75) is 34.3 Å². The Balaban J connectivity index is 2.11. The second-order valence-corrected chi connectivity index (χ2v) is 7.39. The van der Waals surface area contributed by atoms with Crippen LogP contribution in [0.1, 0.15) is 31.9 Å². The van der Waals surface area contributed by atoms with Crippen molar-refractivity contribution in [2.24, 2.45) is 5.41 Å². The first-order valence-electron chi connectivity index (χ1n) is 7.64. The molecule has 0 unspecified atom stereocenters. The molecule has 0 heterocycles. The lowest BCUT2D eigenvalue weighted by molar-refractivity contribution is 0.0599. The summed E-state index contributed by atoms with van der Waals surface area (Å²) in [7, 11) is 0. The number of hydrogen-bond donors (Lipinski definition) is 1. The fourth-order valence-corrected chi connectivity index (χ4v) is 2.37. The van der Waals surface area contributed by atoms with Crippen LogP contribution < -0.4 is 5.32 Å². The van der Waals surface area contributed by atoms with Gasteiger partial charge in [-0.25, -0.2) is 4.39 Å². The molecule has 2 rings (SSSR count). The van der Waals surface area contributed by atoms with Gasteiger partial charge in [0.1, 0.15) is 5.82 Å². The molecule has 4 heteroatoms. The number of hydrogen-bond acceptors (Lipinski definition) is 2. The topological polar surface area (TPSA) is 21.3 Å². The summed E-state index contributed by atoms with van der Waals surface area (Å²) in [5, 5.41) is 3.79. The molecule has 23 heavy (non-hydrogen) atoms. The van der Waals surface area contributed by atoms with Crippen LogP contribution in [0.4, 0.5) is 15.8 Å². The molecule has 0 amide bonds. The molecule has 0 aliphatic rings. The molecule has 0 spiro atoms. The summed E-state index contributed by atoms with van der Waals surface area (Å²) in [6.07, 6.45) is 0.